The van der Waals surface area contributed by atoms with E-state index in [9.17, 15) is 5.11 Å². The maximum atomic E-state index is 9.80. The number of aliphatic hydroxyl groups excluding tert-OH is 1. The van der Waals surface area contributed by atoms with Crippen molar-refractivity contribution < 1.29 is 14.6 Å². The molecular weight excluding hydrogens is 414 g/mol. The minimum Gasteiger partial charge on any atom is -0.391 e. The summed E-state index contributed by atoms with van der Waals surface area (Å²) in [5, 5.41) is 14.1. The standard InChI is InChI=1S/C24H35NO3S2/c1-4-8-23(27-17-20(26)5-2)28-18(3)25-13-11-19(12-14-25)24(21-9-6-15-29-21)22-10-7-16-30-22/h6-7,9-10,15-16,18,20,23,26H,4-5,8,11-14,17H2,1-3H3. The summed E-state index contributed by atoms with van der Waals surface area (Å²) >= 11 is 3.65. The highest BCUT2D eigenvalue weighted by molar-refractivity contribution is 7.13. The first kappa shape index (κ1) is 23.6. The largest absolute Gasteiger partial charge is 0.391 e. The second-order valence-corrected chi connectivity index (χ2v) is 9.71. The summed E-state index contributed by atoms with van der Waals surface area (Å²) in [5.74, 6) is 0. The average Bonchev–Trinajstić information content (AvgIpc) is 3.48. The van der Waals surface area contributed by atoms with E-state index in [4.69, 9.17) is 9.47 Å². The van der Waals surface area contributed by atoms with Crippen molar-refractivity contribution in [2.45, 2.75) is 71.5 Å². The maximum Gasteiger partial charge on any atom is 0.159 e. The van der Waals surface area contributed by atoms with Gasteiger partial charge in [0.1, 0.15) is 6.23 Å². The highest BCUT2D eigenvalue weighted by Gasteiger charge is 2.25. The fourth-order valence-corrected chi connectivity index (χ4v) is 5.52. The lowest BCUT2D eigenvalue weighted by atomic mass is 9.95. The van der Waals surface area contributed by atoms with Crippen molar-refractivity contribution >= 4 is 28.2 Å². The predicted octanol–water partition coefficient (Wildman–Crippen LogP) is 5.98. The molecule has 0 aliphatic carbocycles. The van der Waals surface area contributed by atoms with Crippen LogP contribution in [0.3, 0.4) is 0 Å². The van der Waals surface area contributed by atoms with Crippen LogP contribution in [-0.2, 0) is 9.47 Å². The summed E-state index contributed by atoms with van der Waals surface area (Å²) in [6, 6.07) is 8.76. The van der Waals surface area contributed by atoms with Gasteiger partial charge < -0.3 is 14.6 Å². The number of hydrogen-bond donors (Lipinski definition) is 1. The molecule has 1 fully saturated rings. The van der Waals surface area contributed by atoms with Crippen molar-refractivity contribution in [1.82, 2.24) is 4.90 Å². The molecule has 6 heteroatoms. The first-order valence-corrected chi connectivity index (χ1v) is 12.9. The lowest BCUT2D eigenvalue weighted by molar-refractivity contribution is -0.213. The van der Waals surface area contributed by atoms with Gasteiger partial charge in [-0.05, 0) is 55.5 Å². The highest BCUT2D eigenvalue weighted by atomic mass is 32.1. The molecule has 1 aliphatic heterocycles. The van der Waals surface area contributed by atoms with Crippen LogP contribution >= 0.6 is 22.7 Å². The van der Waals surface area contributed by atoms with Crippen LogP contribution in [0.1, 0.15) is 62.6 Å². The lowest BCUT2D eigenvalue weighted by Gasteiger charge is -2.36. The van der Waals surface area contributed by atoms with Gasteiger partial charge in [-0.15, -0.1) is 22.7 Å². The van der Waals surface area contributed by atoms with Crippen molar-refractivity contribution in [3.8, 4) is 0 Å². The molecule has 1 N–H and O–H groups in total. The van der Waals surface area contributed by atoms with E-state index in [1.165, 1.54) is 15.3 Å². The fraction of sp³-hybridized carbons (Fsp3) is 0.583. The van der Waals surface area contributed by atoms with Crippen LogP contribution in [0.25, 0.3) is 5.57 Å². The zero-order valence-corrected chi connectivity index (χ0v) is 20.0. The van der Waals surface area contributed by atoms with Gasteiger partial charge in [-0.25, -0.2) is 0 Å². The van der Waals surface area contributed by atoms with E-state index in [1.54, 1.807) is 5.57 Å². The van der Waals surface area contributed by atoms with Crippen molar-refractivity contribution in [3.05, 3.63) is 50.4 Å². The molecule has 0 saturated carbocycles. The number of rotatable bonds is 11. The number of likely N-dealkylation sites (tertiary alicyclic amines) is 1. The molecule has 30 heavy (non-hydrogen) atoms. The predicted molar refractivity (Wildman–Crippen MR) is 127 cm³/mol. The van der Waals surface area contributed by atoms with Crippen LogP contribution in [0, 0.1) is 0 Å². The Labute approximate surface area is 189 Å². The van der Waals surface area contributed by atoms with Crippen LogP contribution in [-0.4, -0.2) is 48.3 Å². The molecule has 0 spiro atoms. The lowest BCUT2D eigenvalue weighted by Crippen LogP contribution is -2.42. The normalized spacial score (nSPS) is 18.3. The summed E-state index contributed by atoms with van der Waals surface area (Å²) in [7, 11) is 0. The van der Waals surface area contributed by atoms with Gasteiger partial charge in [0, 0.05) is 28.4 Å². The van der Waals surface area contributed by atoms with E-state index in [0.717, 1.165) is 38.8 Å². The SMILES string of the molecule is CCCC(OCC(O)CC)OC(C)N1CCC(=C(c2cccs2)c2cccs2)CC1. The second kappa shape index (κ2) is 12.1. The molecule has 1 aliphatic rings. The van der Waals surface area contributed by atoms with Crippen LogP contribution in [0.2, 0.25) is 0 Å². The minimum absolute atomic E-state index is 0.00814. The summed E-state index contributed by atoms with van der Waals surface area (Å²) in [4.78, 5) is 5.15. The van der Waals surface area contributed by atoms with E-state index in [1.807, 2.05) is 29.6 Å². The Hall–Kier alpha value is -1.02. The molecular formula is C24H35NO3S2. The van der Waals surface area contributed by atoms with Gasteiger partial charge in [0.15, 0.2) is 6.29 Å². The number of piperidine rings is 1. The molecule has 166 valence electrons. The Bertz CT molecular complexity index is 711. The van der Waals surface area contributed by atoms with Gasteiger partial charge in [-0.1, -0.05) is 38.0 Å². The molecule has 2 aromatic rings. The van der Waals surface area contributed by atoms with Gasteiger partial charge in [-0.2, -0.15) is 0 Å². The van der Waals surface area contributed by atoms with Crippen LogP contribution in [0.15, 0.2) is 40.6 Å². The Kier molecular flexibility index (Phi) is 9.56. The van der Waals surface area contributed by atoms with Crippen molar-refractivity contribution in [3.63, 3.8) is 0 Å². The van der Waals surface area contributed by atoms with Gasteiger partial charge in [0.25, 0.3) is 0 Å². The molecule has 3 unspecified atom stereocenters. The van der Waals surface area contributed by atoms with E-state index in [2.05, 4.69) is 53.8 Å². The quantitative estimate of drug-likeness (QED) is 0.428. The molecule has 0 amide bonds. The van der Waals surface area contributed by atoms with E-state index in [0.29, 0.717) is 13.0 Å². The third kappa shape index (κ3) is 6.49. The molecule has 0 aromatic carbocycles. The summed E-state index contributed by atoms with van der Waals surface area (Å²) < 4.78 is 12.1. The van der Waals surface area contributed by atoms with Gasteiger partial charge >= 0.3 is 0 Å². The smallest absolute Gasteiger partial charge is 0.159 e. The molecule has 4 nitrogen and oxygen atoms in total. The Morgan fingerprint density at radius 2 is 1.73 bits per heavy atom. The summed E-state index contributed by atoms with van der Waals surface area (Å²) in [6.07, 6.45) is 4.01. The number of ether oxygens (including phenoxy) is 2. The summed E-state index contributed by atoms with van der Waals surface area (Å²) in [5.41, 5.74) is 2.99. The monoisotopic (exact) mass is 449 g/mol. The molecule has 0 radical (unpaired) electrons. The highest BCUT2D eigenvalue weighted by Crippen LogP contribution is 2.37. The van der Waals surface area contributed by atoms with Crippen LogP contribution in [0.4, 0.5) is 0 Å². The first-order chi connectivity index (χ1) is 14.6. The minimum atomic E-state index is -0.418. The Morgan fingerprint density at radius 1 is 1.10 bits per heavy atom. The van der Waals surface area contributed by atoms with Crippen molar-refractivity contribution in [2.24, 2.45) is 0 Å². The van der Waals surface area contributed by atoms with Crippen molar-refractivity contribution in [2.75, 3.05) is 19.7 Å². The Morgan fingerprint density at radius 3 is 2.23 bits per heavy atom. The molecule has 1 saturated heterocycles. The number of hydrogen-bond acceptors (Lipinski definition) is 6. The first-order valence-electron chi connectivity index (χ1n) is 11.1. The molecule has 0 bridgehead atoms. The zero-order valence-electron chi connectivity index (χ0n) is 18.4. The third-order valence-electron chi connectivity index (χ3n) is 5.62. The topological polar surface area (TPSA) is 41.9 Å². The van der Waals surface area contributed by atoms with Gasteiger partial charge in [-0.3, -0.25) is 4.90 Å². The van der Waals surface area contributed by atoms with Gasteiger partial charge in [0.05, 0.1) is 12.7 Å². The van der Waals surface area contributed by atoms with Crippen LogP contribution < -0.4 is 0 Å². The van der Waals surface area contributed by atoms with Crippen LogP contribution in [0.5, 0.6) is 0 Å². The van der Waals surface area contributed by atoms with Gasteiger partial charge in [0.2, 0.25) is 0 Å². The van der Waals surface area contributed by atoms with E-state index in [-0.39, 0.29) is 12.5 Å². The number of aliphatic hydroxyl groups is 1. The molecule has 3 rings (SSSR count). The fourth-order valence-electron chi connectivity index (χ4n) is 3.79. The maximum absolute atomic E-state index is 9.80. The molecule has 3 heterocycles. The molecule has 3 atom stereocenters. The van der Waals surface area contributed by atoms with E-state index < -0.39 is 6.10 Å². The van der Waals surface area contributed by atoms with Crippen molar-refractivity contribution in [1.29, 1.82) is 0 Å². The molecule has 2 aromatic heterocycles. The Balaban J connectivity index is 1.61. The second-order valence-electron chi connectivity index (χ2n) is 7.82. The third-order valence-corrected chi connectivity index (χ3v) is 7.40. The number of thiophene rings is 2. The summed E-state index contributed by atoms with van der Waals surface area (Å²) in [6.45, 7) is 8.55. The van der Waals surface area contributed by atoms with E-state index >= 15 is 0 Å². The average molecular weight is 450 g/mol. The number of nitrogens with zero attached hydrogens (tertiary/aromatic N) is 1. The zero-order chi connectivity index (χ0) is 21.3.